The third-order valence-corrected chi connectivity index (χ3v) is 3.38. The zero-order valence-electron chi connectivity index (χ0n) is 13.5. The molecule has 0 spiro atoms. The van der Waals surface area contributed by atoms with Gasteiger partial charge in [-0.1, -0.05) is 0 Å². The molecular formula is C13H23N7O3. The molecule has 1 aliphatic rings. The summed E-state index contributed by atoms with van der Waals surface area (Å²) >= 11 is 0. The van der Waals surface area contributed by atoms with E-state index < -0.39 is 4.92 Å². The minimum atomic E-state index is -0.476. The maximum absolute atomic E-state index is 11.3. The molecule has 10 heteroatoms. The summed E-state index contributed by atoms with van der Waals surface area (Å²) in [6.07, 6.45) is 2.18. The normalized spacial score (nSPS) is 15.6. The Hall–Kier alpha value is -2.04. The summed E-state index contributed by atoms with van der Waals surface area (Å²) in [4.78, 5) is 21.1. The van der Waals surface area contributed by atoms with Crippen molar-refractivity contribution in [2.45, 2.75) is 6.42 Å². The fraction of sp³-hybridized carbons (Fsp3) is 0.692. The average Bonchev–Trinajstić information content (AvgIpc) is 2.52. The van der Waals surface area contributed by atoms with Crippen LogP contribution in [-0.4, -0.2) is 78.3 Å². The van der Waals surface area contributed by atoms with Crippen LogP contribution in [0.3, 0.4) is 0 Å². The summed E-state index contributed by atoms with van der Waals surface area (Å²) in [5, 5.41) is 15.9. The van der Waals surface area contributed by atoms with E-state index in [1.165, 1.54) is 6.33 Å². The molecule has 2 rings (SSSR count). The lowest BCUT2D eigenvalue weighted by atomic mass is 10.3. The molecule has 0 bridgehead atoms. The fourth-order valence-corrected chi connectivity index (χ4v) is 2.31. The van der Waals surface area contributed by atoms with Crippen molar-refractivity contribution in [1.29, 1.82) is 0 Å². The second-order valence-corrected chi connectivity index (χ2v) is 5.42. The molecule has 0 saturated carbocycles. The summed E-state index contributed by atoms with van der Waals surface area (Å²) in [5.41, 5.74) is 2.67. The minimum Gasteiger partial charge on any atom is -0.379 e. The van der Waals surface area contributed by atoms with Crippen LogP contribution in [0.25, 0.3) is 0 Å². The van der Waals surface area contributed by atoms with Crippen molar-refractivity contribution in [3.63, 3.8) is 0 Å². The molecule has 0 unspecified atom stereocenters. The Morgan fingerprint density at radius 1 is 1.35 bits per heavy atom. The van der Waals surface area contributed by atoms with Gasteiger partial charge in [-0.15, -0.1) is 0 Å². The number of nitrogens with one attached hydrogen (secondary N) is 2. The van der Waals surface area contributed by atoms with E-state index in [-0.39, 0.29) is 17.3 Å². The van der Waals surface area contributed by atoms with Crippen molar-refractivity contribution in [2.24, 2.45) is 0 Å². The van der Waals surface area contributed by atoms with E-state index in [1.807, 2.05) is 0 Å². The third-order valence-electron chi connectivity index (χ3n) is 3.38. The van der Waals surface area contributed by atoms with Gasteiger partial charge in [-0.25, -0.2) is 15.0 Å². The fourth-order valence-electron chi connectivity index (χ4n) is 2.31. The molecular weight excluding hydrogens is 302 g/mol. The Morgan fingerprint density at radius 2 is 2.04 bits per heavy atom. The molecule has 0 aliphatic carbocycles. The molecule has 128 valence electrons. The van der Waals surface area contributed by atoms with Crippen LogP contribution in [0.2, 0.25) is 0 Å². The monoisotopic (exact) mass is 325 g/mol. The highest BCUT2D eigenvalue weighted by Crippen LogP contribution is 2.28. The average molecular weight is 325 g/mol. The van der Waals surface area contributed by atoms with E-state index in [4.69, 9.17) is 4.74 Å². The Balaban J connectivity index is 1.91. The summed E-state index contributed by atoms with van der Waals surface area (Å²) in [6, 6.07) is 0. The number of aromatic nitrogens is 2. The predicted molar refractivity (Wildman–Crippen MR) is 86.4 cm³/mol. The molecule has 0 aromatic carbocycles. The van der Waals surface area contributed by atoms with Gasteiger partial charge in [-0.05, 0) is 13.0 Å². The van der Waals surface area contributed by atoms with E-state index in [2.05, 4.69) is 25.6 Å². The number of morpholine rings is 1. The van der Waals surface area contributed by atoms with Gasteiger partial charge < -0.3 is 10.1 Å². The topological polar surface area (TPSA) is 109 Å². The number of anilines is 2. The van der Waals surface area contributed by atoms with Gasteiger partial charge in [0, 0.05) is 33.7 Å². The van der Waals surface area contributed by atoms with Crippen molar-refractivity contribution in [3.8, 4) is 0 Å². The van der Waals surface area contributed by atoms with E-state index in [9.17, 15) is 10.1 Å². The van der Waals surface area contributed by atoms with Crippen LogP contribution in [0.15, 0.2) is 6.33 Å². The Kier molecular flexibility index (Phi) is 6.44. The number of hydrazine groups is 1. The summed E-state index contributed by atoms with van der Waals surface area (Å²) in [6.45, 7) is 4.94. The van der Waals surface area contributed by atoms with Gasteiger partial charge in [0.2, 0.25) is 11.6 Å². The zero-order chi connectivity index (χ0) is 16.7. The first-order valence-electron chi connectivity index (χ1n) is 7.55. The van der Waals surface area contributed by atoms with Crippen molar-refractivity contribution in [2.75, 3.05) is 64.2 Å². The molecule has 10 nitrogen and oxygen atoms in total. The number of hydrogen-bond donors (Lipinski definition) is 2. The van der Waals surface area contributed by atoms with Crippen LogP contribution < -0.4 is 10.7 Å². The van der Waals surface area contributed by atoms with Crippen LogP contribution in [0.1, 0.15) is 6.42 Å². The molecule has 1 fully saturated rings. The molecule has 1 aromatic rings. The van der Waals surface area contributed by atoms with Crippen molar-refractivity contribution in [3.05, 3.63) is 16.4 Å². The van der Waals surface area contributed by atoms with Gasteiger partial charge in [0.05, 0.1) is 18.1 Å². The number of hydrogen-bond acceptors (Lipinski definition) is 9. The van der Waals surface area contributed by atoms with Gasteiger partial charge in [0.15, 0.2) is 0 Å². The van der Waals surface area contributed by atoms with Crippen LogP contribution >= 0.6 is 0 Å². The molecule has 23 heavy (non-hydrogen) atoms. The first kappa shape index (κ1) is 17.3. The SMILES string of the molecule is CN(C)Nc1ncnc(NCCCN2CCOCC2)c1[N+](=O)[O-]. The lowest BCUT2D eigenvalue weighted by Gasteiger charge is -2.26. The molecule has 0 atom stereocenters. The lowest BCUT2D eigenvalue weighted by molar-refractivity contribution is -0.383. The van der Waals surface area contributed by atoms with Gasteiger partial charge >= 0.3 is 5.69 Å². The highest BCUT2D eigenvalue weighted by atomic mass is 16.6. The number of nitro groups is 1. The summed E-state index contributed by atoms with van der Waals surface area (Å²) in [7, 11) is 3.47. The molecule has 2 heterocycles. The minimum absolute atomic E-state index is 0.146. The van der Waals surface area contributed by atoms with Crippen LogP contribution in [-0.2, 0) is 4.74 Å². The first-order valence-corrected chi connectivity index (χ1v) is 7.55. The van der Waals surface area contributed by atoms with Gasteiger partial charge in [-0.2, -0.15) is 0 Å². The van der Waals surface area contributed by atoms with Crippen LogP contribution in [0, 0.1) is 10.1 Å². The van der Waals surface area contributed by atoms with Crippen molar-refractivity contribution < 1.29 is 9.66 Å². The molecule has 0 amide bonds. The van der Waals surface area contributed by atoms with E-state index in [0.717, 1.165) is 39.3 Å². The maximum Gasteiger partial charge on any atom is 0.354 e. The lowest BCUT2D eigenvalue weighted by Crippen LogP contribution is -2.37. The molecule has 0 radical (unpaired) electrons. The quantitative estimate of drug-likeness (QED) is 0.399. The van der Waals surface area contributed by atoms with Gasteiger partial charge in [0.1, 0.15) is 6.33 Å². The van der Waals surface area contributed by atoms with Gasteiger partial charge in [-0.3, -0.25) is 20.4 Å². The van der Waals surface area contributed by atoms with E-state index >= 15 is 0 Å². The van der Waals surface area contributed by atoms with Gasteiger partial charge in [0.25, 0.3) is 0 Å². The predicted octanol–water partition coefficient (Wildman–Crippen LogP) is 0.408. The second kappa shape index (κ2) is 8.56. The Morgan fingerprint density at radius 3 is 2.70 bits per heavy atom. The van der Waals surface area contributed by atoms with E-state index in [1.54, 1.807) is 19.1 Å². The summed E-state index contributed by atoms with van der Waals surface area (Å²) in [5.74, 6) is 0.405. The van der Waals surface area contributed by atoms with Crippen LogP contribution in [0.5, 0.6) is 0 Å². The third kappa shape index (κ3) is 5.27. The highest BCUT2D eigenvalue weighted by molar-refractivity contribution is 5.68. The Bertz CT molecular complexity index is 520. The summed E-state index contributed by atoms with van der Waals surface area (Å²) < 4.78 is 5.30. The zero-order valence-corrected chi connectivity index (χ0v) is 13.5. The largest absolute Gasteiger partial charge is 0.379 e. The van der Waals surface area contributed by atoms with Crippen LogP contribution in [0.4, 0.5) is 17.3 Å². The maximum atomic E-state index is 11.3. The standard InChI is InChI=1S/C13H23N7O3/c1-18(2)17-13-11(20(21)22)12(15-10-16-13)14-4-3-5-19-6-8-23-9-7-19/h10H,3-9H2,1-2H3,(H2,14,15,16,17). The molecule has 2 N–H and O–H groups in total. The molecule has 1 aromatic heterocycles. The van der Waals surface area contributed by atoms with Crippen molar-refractivity contribution in [1.82, 2.24) is 19.9 Å². The van der Waals surface area contributed by atoms with E-state index in [0.29, 0.717) is 6.54 Å². The number of ether oxygens (including phenoxy) is 1. The molecule has 1 aliphatic heterocycles. The number of rotatable bonds is 8. The molecule has 1 saturated heterocycles. The Labute approximate surface area is 135 Å². The van der Waals surface area contributed by atoms with Crippen molar-refractivity contribution >= 4 is 17.3 Å². The highest BCUT2D eigenvalue weighted by Gasteiger charge is 2.23. The first-order chi connectivity index (χ1) is 11.1. The second-order valence-electron chi connectivity index (χ2n) is 5.42. The number of nitrogens with zero attached hydrogens (tertiary/aromatic N) is 5. The smallest absolute Gasteiger partial charge is 0.354 e.